The van der Waals surface area contributed by atoms with Crippen molar-refractivity contribution in [3.05, 3.63) is 28.2 Å². The number of methoxy groups -OCH3 is 1. The Labute approximate surface area is 106 Å². The van der Waals surface area contributed by atoms with Gasteiger partial charge in [-0.1, -0.05) is 29.3 Å². The molecule has 0 saturated carbocycles. The number of rotatable bonds is 6. The van der Waals surface area contributed by atoms with E-state index in [1.54, 1.807) is 7.11 Å². The van der Waals surface area contributed by atoms with E-state index in [0.717, 1.165) is 29.5 Å². The van der Waals surface area contributed by atoms with Crippen LogP contribution in [-0.2, 0) is 6.42 Å². The van der Waals surface area contributed by atoms with Crippen LogP contribution in [0, 0.1) is 5.92 Å². The average molecular weight is 287 g/mol. The Kier molecular flexibility index (Phi) is 5.85. The summed E-state index contributed by atoms with van der Waals surface area (Å²) < 4.78 is 6.29. The predicted molar refractivity (Wildman–Crippen MR) is 69.9 cm³/mol. The maximum Gasteiger partial charge on any atom is 0.119 e. The molecule has 0 heterocycles. The molecule has 0 radical (unpaired) electrons. The Morgan fingerprint density at radius 3 is 2.75 bits per heavy atom. The Morgan fingerprint density at radius 2 is 2.19 bits per heavy atom. The maximum absolute atomic E-state index is 9.29. The highest BCUT2D eigenvalue weighted by molar-refractivity contribution is 9.10. The summed E-state index contributed by atoms with van der Waals surface area (Å²) in [5.74, 6) is 1.21. The molecule has 0 bridgehead atoms. The number of benzene rings is 1. The summed E-state index contributed by atoms with van der Waals surface area (Å²) in [5.41, 5.74) is 1.20. The van der Waals surface area contributed by atoms with Gasteiger partial charge in [0, 0.05) is 11.1 Å². The summed E-state index contributed by atoms with van der Waals surface area (Å²) in [5, 5.41) is 9.29. The zero-order chi connectivity index (χ0) is 12.0. The standard InChI is InChI=1S/C13H19BrO2/c1-3-4-10(9-15)7-11-8-12(16-2)5-6-13(11)14/h5-6,8,10,15H,3-4,7,9H2,1-2H3. The summed E-state index contributed by atoms with van der Waals surface area (Å²) in [4.78, 5) is 0. The molecule has 90 valence electrons. The molecule has 1 unspecified atom stereocenters. The van der Waals surface area contributed by atoms with Gasteiger partial charge < -0.3 is 9.84 Å². The molecular weight excluding hydrogens is 268 g/mol. The Morgan fingerprint density at radius 1 is 1.44 bits per heavy atom. The number of hydrogen-bond acceptors (Lipinski definition) is 2. The summed E-state index contributed by atoms with van der Waals surface area (Å²) in [6.07, 6.45) is 3.05. The molecule has 1 atom stereocenters. The molecule has 0 aromatic heterocycles. The van der Waals surface area contributed by atoms with Crippen molar-refractivity contribution in [2.75, 3.05) is 13.7 Å². The van der Waals surface area contributed by atoms with Gasteiger partial charge in [-0.25, -0.2) is 0 Å². The first kappa shape index (κ1) is 13.5. The first-order valence-corrected chi connectivity index (χ1v) is 6.43. The molecule has 16 heavy (non-hydrogen) atoms. The highest BCUT2D eigenvalue weighted by Gasteiger charge is 2.10. The lowest BCUT2D eigenvalue weighted by Crippen LogP contribution is -2.09. The topological polar surface area (TPSA) is 29.5 Å². The summed E-state index contributed by atoms with van der Waals surface area (Å²) in [6.45, 7) is 2.39. The summed E-state index contributed by atoms with van der Waals surface area (Å²) in [6, 6.07) is 5.96. The fourth-order valence-corrected chi connectivity index (χ4v) is 2.22. The molecule has 1 aromatic rings. The highest BCUT2D eigenvalue weighted by atomic mass is 79.9. The van der Waals surface area contributed by atoms with Gasteiger partial charge in [-0.05, 0) is 42.5 Å². The Bertz CT molecular complexity index is 326. The van der Waals surface area contributed by atoms with E-state index < -0.39 is 0 Å². The second-order valence-corrected chi connectivity index (χ2v) is 4.85. The first-order valence-electron chi connectivity index (χ1n) is 5.64. The van der Waals surface area contributed by atoms with Gasteiger partial charge in [0.2, 0.25) is 0 Å². The lowest BCUT2D eigenvalue weighted by atomic mass is 9.96. The number of aliphatic hydroxyl groups is 1. The van der Waals surface area contributed by atoms with Gasteiger partial charge in [-0.2, -0.15) is 0 Å². The number of aliphatic hydroxyl groups excluding tert-OH is 1. The first-order chi connectivity index (χ1) is 7.71. The molecule has 1 rings (SSSR count). The minimum absolute atomic E-state index is 0.248. The largest absolute Gasteiger partial charge is 0.497 e. The molecule has 0 aliphatic carbocycles. The number of halogens is 1. The molecule has 3 heteroatoms. The van der Waals surface area contributed by atoms with Crippen molar-refractivity contribution in [1.82, 2.24) is 0 Å². The molecule has 0 aliphatic heterocycles. The molecule has 0 fully saturated rings. The van der Waals surface area contributed by atoms with E-state index in [1.807, 2.05) is 18.2 Å². The van der Waals surface area contributed by atoms with Crippen LogP contribution in [0.15, 0.2) is 22.7 Å². The van der Waals surface area contributed by atoms with Gasteiger partial charge in [0.05, 0.1) is 7.11 Å². The van der Waals surface area contributed by atoms with E-state index in [4.69, 9.17) is 4.74 Å². The van der Waals surface area contributed by atoms with E-state index in [9.17, 15) is 5.11 Å². The minimum Gasteiger partial charge on any atom is -0.497 e. The average Bonchev–Trinajstić information content (AvgIpc) is 2.31. The van der Waals surface area contributed by atoms with Gasteiger partial charge in [0.1, 0.15) is 5.75 Å². The predicted octanol–water partition coefficient (Wildman–Crippen LogP) is 3.41. The third-order valence-electron chi connectivity index (χ3n) is 2.72. The summed E-state index contributed by atoms with van der Waals surface area (Å²) >= 11 is 3.53. The van der Waals surface area contributed by atoms with E-state index in [-0.39, 0.29) is 6.61 Å². The van der Waals surface area contributed by atoms with E-state index in [2.05, 4.69) is 22.9 Å². The lowest BCUT2D eigenvalue weighted by molar-refractivity contribution is 0.217. The van der Waals surface area contributed by atoms with Crippen molar-refractivity contribution in [2.45, 2.75) is 26.2 Å². The quantitative estimate of drug-likeness (QED) is 0.868. The van der Waals surface area contributed by atoms with Crippen molar-refractivity contribution in [3.8, 4) is 5.75 Å². The van der Waals surface area contributed by atoms with Crippen LogP contribution in [0.1, 0.15) is 25.3 Å². The third kappa shape index (κ3) is 3.80. The van der Waals surface area contributed by atoms with Gasteiger partial charge in [-0.3, -0.25) is 0 Å². The van der Waals surface area contributed by atoms with Crippen LogP contribution in [0.4, 0.5) is 0 Å². The fraction of sp³-hybridized carbons (Fsp3) is 0.538. The molecule has 1 N–H and O–H groups in total. The highest BCUT2D eigenvalue weighted by Crippen LogP contribution is 2.26. The van der Waals surface area contributed by atoms with Gasteiger partial charge in [0.15, 0.2) is 0 Å². The SMILES string of the molecule is CCCC(CO)Cc1cc(OC)ccc1Br. The smallest absolute Gasteiger partial charge is 0.119 e. The molecule has 0 amide bonds. The van der Waals surface area contributed by atoms with Crippen molar-refractivity contribution in [2.24, 2.45) is 5.92 Å². The van der Waals surface area contributed by atoms with Gasteiger partial charge >= 0.3 is 0 Å². The van der Waals surface area contributed by atoms with Crippen molar-refractivity contribution in [3.63, 3.8) is 0 Å². The molecule has 2 nitrogen and oxygen atoms in total. The molecule has 0 spiro atoms. The molecule has 0 aliphatic rings. The van der Waals surface area contributed by atoms with Crippen molar-refractivity contribution >= 4 is 15.9 Å². The van der Waals surface area contributed by atoms with E-state index >= 15 is 0 Å². The molecule has 1 aromatic carbocycles. The molecular formula is C13H19BrO2. The normalized spacial score (nSPS) is 12.5. The van der Waals surface area contributed by atoms with E-state index in [0.29, 0.717) is 5.92 Å². The van der Waals surface area contributed by atoms with Crippen LogP contribution >= 0.6 is 15.9 Å². The number of hydrogen-bond donors (Lipinski definition) is 1. The van der Waals surface area contributed by atoms with Crippen molar-refractivity contribution < 1.29 is 9.84 Å². The van der Waals surface area contributed by atoms with Crippen LogP contribution in [-0.4, -0.2) is 18.8 Å². The van der Waals surface area contributed by atoms with Crippen molar-refractivity contribution in [1.29, 1.82) is 0 Å². The summed E-state index contributed by atoms with van der Waals surface area (Å²) in [7, 11) is 1.67. The van der Waals surface area contributed by atoms with Crippen LogP contribution < -0.4 is 4.74 Å². The Hall–Kier alpha value is -0.540. The van der Waals surface area contributed by atoms with Gasteiger partial charge in [0.25, 0.3) is 0 Å². The van der Waals surface area contributed by atoms with E-state index in [1.165, 1.54) is 5.56 Å². The minimum atomic E-state index is 0.248. The van der Waals surface area contributed by atoms with Gasteiger partial charge in [-0.15, -0.1) is 0 Å². The second-order valence-electron chi connectivity index (χ2n) is 4.00. The lowest BCUT2D eigenvalue weighted by Gasteiger charge is -2.14. The second kappa shape index (κ2) is 6.92. The maximum atomic E-state index is 9.29. The van der Waals surface area contributed by atoms with Crippen LogP contribution in [0.2, 0.25) is 0 Å². The number of ether oxygens (including phenoxy) is 1. The monoisotopic (exact) mass is 286 g/mol. The van der Waals surface area contributed by atoms with Crippen LogP contribution in [0.3, 0.4) is 0 Å². The molecule has 0 saturated heterocycles. The Balaban J connectivity index is 2.77. The fourth-order valence-electron chi connectivity index (χ4n) is 1.81. The zero-order valence-corrected chi connectivity index (χ0v) is 11.5. The zero-order valence-electron chi connectivity index (χ0n) is 9.87. The van der Waals surface area contributed by atoms with Crippen LogP contribution in [0.5, 0.6) is 5.75 Å². The third-order valence-corrected chi connectivity index (χ3v) is 3.49. The van der Waals surface area contributed by atoms with Crippen LogP contribution in [0.25, 0.3) is 0 Å².